The van der Waals surface area contributed by atoms with Gasteiger partial charge in [0.15, 0.2) is 0 Å². The molecule has 0 saturated carbocycles. The van der Waals surface area contributed by atoms with Gasteiger partial charge in [-0.1, -0.05) is 6.07 Å². The molecule has 0 fully saturated rings. The standard InChI is InChI=1S/C22H23N3O3/c1-4-28-18-8-6-16(7-9-18)24-17-11-12-23-20(14-17)22(26)25-19-13-15(2)5-10-21(19)27-3/h5-14H,4H2,1-3H3,(H,23,24)(H,25,26). The molecule has 0 bridgehead atoms. The fourth-order valence-electron chi connectivity index (χ4n) is 2.71. The number of amides is 1. The van der Waals surface area contributed by atoms with Crippen LogP contribution in [0.5, 0.6) is 11.5 Å². The Hall–Kier alpha value is -3.54. The number of carbonyl (C=O) groups excluding carboxylic acids is 1. The van der Waals surface area contributed by atoms with E-state index in [2.05, 4.69) is 15.6 Å². The van der Waals surface area contributed by atoms with Gasteiger partial charge in [-0.2, -0.15) is 0 Å². The summed E-state index contributed by atoms with van der Waals surface area (Å²) in [6.07, 6.45) is 1.60. The molecule has 28 heavy (non-hydrogen) atoms. The van der Waals surface area contributed by atoms with Crippen molar-refractivity contribution < 1.29 is 14.3 Å². The van der Waals surface area contributed by atoms with Gasteiger partial charge in [-0.15, -0.1) is 0 Å². The van der Waals surface area contributed by atoms with Gasteiger partial charge in [-0.3, -0.25) is 9.78 Å². The number of nitrogens with one attached hydrogen (secondary N) is 2. The van der Waals surface area contributed by atoms with Gasteiger partial charge >= 0.3 is 0 Å². The van der Waals surface area contributed by atoms with E-state index < -0.39 is 0 Å². The molecule has 144 valence electrons. The molecule has 0 aliphatic carbocycles. The molecule has 1 aromatic heterocycles. The van der Waals surface area contributed by atoms with E-state index in [4.69, 9.17) is 9.47 Å². The van der Waals surface area contributed by atoms with Crippen LogP contribution in [0, 0.1) is 6.92 Å². The molecule has 2 N–H and O–H groups in total. The van der Waals surface area contributed by atoms with E-state index in [1.807, 2.05) is 56.3 Å². The molecule has 3 aromatic rings. The minimum Gasteiger partial charge on any atom is -0.495 e. The second-order valence-electron chi connectivity index (χ2n) is 6.17. The van der Waals surface area contributed by atoms with Crippen LogP contribution in [0.2, 0.25) is 0 Å². The molecule has 6 nitrogen and oxygen atoms in total. The van der Waals surface area contributed by atoms with E-state index in [1.54, 1.807) is 25.4 Å². The van der Waals surface area contributed by atoms with Gasteiger partial charge in [0, 0.05) is 17.6 Å². The number of nitrogens with zero attached hydrogens (tertiary/aromatic N) is 1. The Morgan fingerprint density at radius 1 is 1.04 bits per heavy atom. The maximum atomic E-state index is 12.6. The largest absolute Gasteiger partial charge is 0.495 e. The topological polar surface area (TPSA) is 72.5 Å². The number of ether oxygens (including phenoxy) is 2. The fourth-order valence-corrected chi connectivity index (χ4v) is 2.71. The summed E-state index contributed by atoms with van der Waals surface area (Å²) in [5, 5.41) is 6.12. The predicted octanol–water partition coefficient (Wildman–Crippen LogP) is 4.79. The van der Waals surface area contributed by atoms with Gasteiger partial charge in [0.2, 0.25) is 0 Å². The van der Waals surface area contributed by atoms with Gasteiger partial charge in [-0.05, 0) is 67.9 Å². The summed E-state index contributed by atoms with van der Waals surface area (Å²) in [4.78, 5) is 16.8. The number of pyridine rings is 1. The zero-order valence-corrected chi connectivity index (χ0v) is 16.2. The van der Waals surface area contributed by atoms with Crippen molar-refractivity contribution in [1.29, 1.82) is 0 Å². The molecule has 0 spiro atoms. The highest BCUT2D eigenvalue weighted by atomic mass is 16.5. The Morgan fingerprint density at radius 2 is 1.82 bits per heavy atom. The number of aryl methyl sites for hydroxylation is 1. The van der Waals surface area contributed by atoms with E-state index in [0.29, 0.717) is 23.7 Å². The molecule has 0 aliphatic rings. The summed E-state index contributed by atoms with van der Waals surface area (Å²) in [6.45, 7) is 4.53. The third-order valence-corrected chi connectivity index (χ3v) is 4.05. The van der Waals surface area contributed by atoms with Gasteiger partial charge < -0.3 is 20.1 Å². The molecule has 0 radical (unpaired) electrons. The molecule has 0 atom stereocenters. The van der Waals surface area contributed by atoms with Crippen molar-refractivity contribution in [2.24, 2.45) is 0 Å². The quantitative estimate of drug-likeness (QED) is 0.619. The first kappa shape index (κ1) is 19.2. The Balaban J connectivity index is 1.73. The van der Waals surface area contributed by atoms with E-state index in [1.165, 1.54) is 0 Å². The lowest BCUT2D eigenvalue weighted by molar-refractivity contribution is 0.102. The van der Waals surface area contributed by atoms with Crippen LogP contribution in [-0.4, -0.2) is 24.6 Å². The number of hydrogen-bond acceptors (Lipinski definition) is 5. The number of rotatable bonds is 7. The number of anilines is 3. The number of aromatic nitrogens is 1. The van der Waals surface area contributed by atoms with E-state index in [-0.39, 0.29) is 5.91 Å². The van der Waals surface area contributed by atoms with E-state index >= 15 is 0 Å². The van der Waals surface area contributed by atoms with Crippen LogP contribution in [-0.2, 0) is 0 Å². The third-order valence-electron chi connectivity index (χ3n) is 4.05. The molecule has 1 heterocycles. The van der Waals surface area contributed by atoms with Crippen LogP contribution >= 0.6 is 0 Å². The molecule has 0 unspecified atom stereocenters. The zero-order chi connectivity index (χ0) is 19.9. The van der Waals surface area contributed by atoms with Gasteiger partial charge in [0.25, 0.3) is 5.91 Å². The highest BCUT2D eigenvalue weighted by Crippen LogP contribution is 2.26. The van der Waals surface area contributed by atoms with Crippen LogP contribution in [0.3, 0.4) is 0 Å². The minimum atomic E-state index is -0.306. The number of carbonyl (C=O) groups is 1. The Bertz CT molecular complexity index is 955. The van der Waals surface area contributed by atoms with Crippen LogP contribution in [0.15, 0.2) is 60.8 Å². The van der Waals surface area contributed by atoms with Crippen LogP contribution in [0.4, 0.5) is 17.1 Å². The lowest BCUT2D eigenvalue weighted by Crippen LogP contribution is -2.14. The van der Waals surface area contributed by atoms with Crippen molar-refractivity contribution in [1.82, 2.24) is 4.98 Å². The van der Waals surface area contributed by atoms with Crippen LogP contribution in [0.25, 0.3) is 0 Å². The van der Waals surface area contributed by atoms with Gasteiger partial charge in [0.1, 0.15) is 17.2 Å². The van der Waals surface area contributed by atoms with E-state index in [0.717, 1.165) is 22.7 Å². The summed E-state index contributed by atoms with van der Waals surface area (Å²) in [5.74, 6) is 1.11. The first-order valence-electron chi connectivity index (χ1n) is 9.01. The SMILES string of the molecule is CCOc1ccc(Nc2ccnc(C(=O)Nc3cc(C)ccc3OC)c2)cc1. The first-order valence-corrected chi connectivity index (χ1v) is 9.01. The lowest BCUT2D eigenvalue weighted by Gasteiger charge is -2.12. The van der Waals surface area contributed by atoms with Gasteiger partial charge in [-0.25, -0.2) is 0 Å². The molecule has 6 heteroatoms. The summed E-state index contributed by atoms with van der Waals surface area (Å²) >= 11 is 0. The molecular formula is C22H23N3O3. The summed E-state index contributed by atoms with van der Waals surface area (Å²) in [7, 11) is 1.57. The second kappa shape index (κ2) is 8.90. The molecule has 1 amide bonds. The minimum absolute atomic E-state index is 0.305. The number of benzene rings is 2. The number of methoxy groups -OCH3 is 1. The fraction of sp³-hybridized carbons (Fsp3) is 0.182. The van der Waals surface area contributed by atoms with Gasteiger partial charge in [0.05, 0.1) is 19.4 Å². The average molecular weight is 377 g/mol. The predicted molar refractivity (Wildman–Crippen MR) is 111 cm³/mol. The molecule has 2 aromatic carbocycles. The maximum absolute atomic E-state index is 12.6. The zero-order valence-electron chi connectivity index (χ0n) is 16.2. The maximum Gasteiger partial charge on any atom is 0.274 e. The Kier molecular flexibility index (Phi) is 6.11. The summed E-state index contributed by atoms with van der Waals surface area (Å²) in [5.41, 5.74) is 3.59. The van der Waals surface area contributed by atoms with E-state index in [9.17, 15) is 4.79 Å². The second-order valence-corrected chi connectivity index (χ2v) is 6.17. The highest BCUT2D eigenvalue weighted by molar-refractivity contribution is 6.04. The highest BCUT2D eigenvalue weighted by Gasteiger charge is 2.12. The summed E-state index contributed by atoms with van der Waals surface area (Å²) in [6, 6.07) is 16.7. The third kappa shape index (κ3) is 4.79. The average Bonchev–Trinajstić information content (AvgIpc) is 2.70. The van der Waals surface area contributed by atoms with Crippen molar-refractivity contribution >= 4 is 23.0 Å². The monoisotopic (exact) mass is 377 g/mol. The molecule has 0 aliphatic heterocycles. The van der Waals surface area contributed by atoms with Crippen LogP contribution in [0.1, 0.15) is 23.0 Å². The molecule has 0 saturated heterocycles. The smallest absolute Gasteiger partial charge is 0.274 e. The Morgan fingerprint density at radius 3 is 2.54 bits per heavy atom. The van der Waals surface area contributed by atoms with Crippen molar-refractivity contribution in [3.05, 3.63) is 72.1 Å². The van der Waals surface area contributed by atoms with Crippen LogP contribution < -0.4 is 20.1 Å². The first-order chi connectivity index (χ1) is 13.6. The molecule has 3 rings (SSSR count). The van der Waals surface area contributed by atoms with Crippen molar-refractivity contribution in [2.45, 2.75) is 13.8 Å². The van der Waals surface area contributed by atoms with Crippen molar-refractivity contribution in [2.75, 3.05) is 24.4 Å². The van der Waals surface area contributed by atoms with Crippen molar-refractivity contribution in [3.8, 4) is 11.5 Å². The molecular weight excluding hydrogens is 354 g/mol. The van der Waals surface area contributed by atoms with Crippen molar-refractivity contribution in [3.63, 3.8) is 0 Å². The normalized spacial score (nSPS) is 10.2. The number of hydrogen-bond donors (Lipinski definition) is 2. The lowest BCUT2D eigenvalue weighted by atomic mass is 10.2. The summed E-state index contributed by atoms with van der Waals surface area (Å²) < 4.78 is 10.8. The Labute approximate surface area is 164 Å².